The van der Waals surface area contributed by atoms with E-state index in [9.17, 15) is 30.0 Å². The second kappa shape index (κ2) is 18.7. The second-order valence-corrected chi connectivity index (χ2v) is 19.6. The normalized spacial score (nSPS) is 43.1. The van der Waals surface area contributed by atoms with Gasteiger partial charge in [0.25, 0.3) is 5.91 Å². The first-order chi connectivity index (χ1) is 28.8. The van der Waals surface area contributed by atoms with Gasteiger partial charge >= 0.3 is 5.97 Å². The zero-order chi connectivity index (χ0) is 43.9. The lowest BCUT2D eigenvalue weighted by Gasteiger charge is -2.50. The van der Waals surface area contributed by atoms with Crippen molar-refractivity contribution in [1.29, 1.82) is 0 Å². The average molecular weight is 862 g/mol. The minimum absolute atomic E-state index is 0.0409. The number of carboxylic acid groups (broad SMARTS) is 1. The molecule has 0 saturated carbocycles. The molecular formula is C46H71NO14. The highest BCUT2D eigenvalue weighted by atomic mass is 16.7. The van der Waals surface area contributed by atoms with Crippen LogP contribution in [0.2, 0.25) is 0 Å². The number of carbonyl (C=O) groups excluding carboxylic acids is 1. The highest BCUT2D eigenvalue weighted by Crippen LogP contribution is 2.47. The molecule has 6 fully saturated rings. The van der Waals surface area contributed by atoms with E-state index in [1.54, 1.807) is 6.08 Å². The van der Waals surface area contributed by atoms with Gasteiger partial charge in [-0.05, 0) is 95.1 Å². The molecule has 0 aromatic heterocycles. The maximum atomic E-state index is 12.6. The van der Waals surface area contributed by atoms with E-state index in [4.69, 9.17) is 38.3 Å². The van der Waals surface area contributed by atoms with Gasteiger partial charge in [0.2, 0.25) is 5.79 Å². The molecule has 61 heavy (non-hydrogen) atoms. The van der Waals surface area contributed by atoms with Crippen LogP contribution in [0.25, 0.3) is 0 Å². The van der Waals surface area contributed by atoms with E-state index in [0.29, 0.717) is 62.9 Å². The van der Waals surface area contributed by atoms with Gasteiger partial charge in [0.1, 0.15) is 36.6 Å². The van der Waals surface area contributed by atoms with E-state index in [-0.39, 0.29) is 36.6 Å². The van der Waals surface area contributed by atoms with Crippen molar-refractivity contribution in [1.82, 2.24) is 5.32 Å². The standard InChI is InChI=1S/C46H71NO14/c1-26-21-35(59-46(23-26)36(49)12-11-32(58-46)24-43(6,54)42(53)47-25-37(50)51)27(2)9-10-31-14-18-45(57-31)19-15-34-41(61-45)38(52)30(5)40(56-34)33(48)22-29(4)39-28(3)13-17-44(60-39)16-7-8-20-55-44/h9-10,23,27-29,31-36,38-41,48-49,52,54H,5,7-8,11-22,24-25H2,1-4,6H3,(H,47,53)(H,50,51)/b10-9+/t27-,28-,29+,31?,32?,33+,34?,35?,36?,38-,39?,40+,41?,43-,44+,45-,46?/m1/s1. The molecular weight excluding hydrogens is 790 g/mol. The Labute approximate surface area is 360 Å². The molecule has 17 atom stereocenters. The predicted octanol–water partition coefficient (Wildman–Crippen LogP) is 4.33. The van der Waals surface area contributed by atoms with Crippen LogP contribution in [0.1, 0.15) is 125 Å². The molecule has 0 radical (unpaired) electrons. The zero-order valence-electron chi connectivity index (χ0n) is 36.7. The van der Waals surface area contributed by atoms with Crippen LogP contribution in [-0.2, 0) is 42.7 Å². The number of carboxylic acids is 1. The van der Waals surface area contributed by atoms with Crippen LogP contribution in [0.4, 0.5) is 0 Å². The Morgan fingerprint density at radius 2 is 1.75 bits per heavy atom. The summed E-state index contributed by atoms with van der Waals surface area (Å²) in [5.41, 5.74) is -0.518. The predicted molar refractivity (Wildman–Crippen MR) is 221 cm³/mol. The van der Waals surface area contributed by atoms with Crippen molar-refractivity contribution in [3.8, 4) is 0 Å². The maximum Gasteiger partial charge on any atom is 0.322 e. The number of amides is 1. The molecule has 6 saturated heterocycles. The molecule has 8 unspecified atom stereocenters. The van der Waals surface area contributed by atoms with Crippen molar-refractivity contribution >= 4 is 11.9 Å². The van der Waals surface area contributed by atoms with Crippen molar-refractivity contribution in [2.45, 2.75) is 209 Å². The lowest BCUT2D eigenvalue weighted by molar-refractivity contribution is -0.320. The Kier molecular flexibility index (Phi) is 14.3. The highest BCUT2D eigenvalue weighted by Gasteiger charge is 2.55. The Bertz CT molecular complexity index is 1640. The molecule has 0 aliphatic carbocycles. The molecule has 0 aromatic carbocycles. The summed E-state index contributed by atoms with van der Waals surface area (Å²) in [5.74, 6) is -4.65. The van der Waals surface area contributed by atoms with Crippen LogP contribution >= 0.6 is 0 Å². The monoisotopic (exact) mass is 861 g/mol. The van der Waals surface area contributed by atoms with Crippen LogP contribution in [-0.4, -0.2) is 135 Å². The number of nitrogens with one attached hydrogen (secondary N) is 1. The number of aliphatic hydroxyl groups is 4. The van der Waals surface area contributed by atoms with Crippen LogP contribution < -0.4 is 5.32 Å². The van der Waals surface area contributed by atoms with E-state index in [1.807, 2.05) is 26.0 Å². The number of fused-ring (bicyclic) bond motifs is 1. The first-order valence-electron chi connectivity index (χ1n) is 22.8. The summed E-state index contributed by atoms with van der Waals surface area (Å²) >= 11 is 0. The number of hydrogen-bond donors (Lipinski definition) is 6. The van der Waals surface area contributed by atoms with Gasteiger partial charge in [-0.25, -0.2) is 0 Å². The van der Waals surface area contributed by atoms with Gasteiger partial charge in [-0.2, -0.15) is 0 Å². The molecule has 15 nitrogen and oxygen atoms in total. The zero-order valence-corrected chi connectivity index (χ0v) is 36.7. The van der Waals surface area contributed by atoms with Crippen molar-refractivity contribution in [2.75, 3.05) is 13.2 Å². The third-order valence-electron chi connectivity index (χ3n) is 14.4. The van der Waals surface area contributed by atoms with Crippen molar-refractivity contribution in [2.24, 2.45) is 17.8 Å². The topological polar surface area (TPSA) is 212 Å². The van der Waals surface area contributed by atoms with E-state index in [0.717, 1.165) is 44.3 Å². The fourth-order valence-electron chi connectivity index (χ4n) is 10.9. The summed E-state index contributed by atoms with van der Waals surface area (Å²) < 4.78 is 45.4. The fourth-order valence-corrected chi connectivity index (χ4v) is 10.9. The number of carbonyl (C=O) groups is 2. The van der Waals surface area contributed by atoms with Gasteiger partial charge in [-0.1, -0.05) is 45.1 Å². The maximum absolute atomic E-state index is 12.6. The van der Waals surface area contributed by atoms with E-state index in [1.165, 1.54) is 6.92 Å². The van der Waals surface area contributed by atoms with Crippen molar-refractivity contribution in [3.63, 3.8) is 0 Å². The van der Waals surface area contributed by atoms with Crippen molar-refractivity contribution in [3.05, 3.63) is 36.0 Å². The molecule has 0 aromatic rings. The lowest BCUT2D eigenvalue weighted by atomic mass is 9.79. The summed E-state index contributed by atoms with van der Waals surface area (Å²) in [6.45, 7) is 13.9. The number of aliphatic carboxylic acids is 1. The molecule has 0 bridgehead atoms. The lowest BCUT2D eigenvalue weighted by Crippen LogP contribution is -2.60. The second-order valence-electron chi connectivity index (χ2n) is 19.6. The number of aliphatic hydroxyl groups excluding tert-OH is 3. The Balaban J connectivity index is 0.912. The number of hydrogen-bond acceptors (Lipinski definition) is 13. The highest BCUT2D eigenvalue weighted by molar-refractivity contribution is 5.87. The fraction of sp³-hybridized carbons (Fsp3) is 0.826. The van der Waals surface area contributed by atoms with Gasteiger partial charge in [0.05, 0.1) is 43.2 Å². The quantitative estimate of drug-likeness (QED) is 0.151. The third kappa shape index (κ3) is 10.3. The van der Waals surface area contributed by atoms with E-state index < -0.39 is 84.1 Å². The van der Waals surface area contributed by atoms with Crippen LogP contribution in [0.5, 0.6) is 0 Å². The van der Waals surface area contributed by atoms with E-state index in [2.05, 4.69) is 25.7 Å². The van der Waals surface area contributed by atoms with Crippen LogP contribution in [0, 0.1) is 17.8 Å². The Hall–Kier alpha value is -2.28. The molecule has 7 heterocycles. The third-order valence-corrected chi connectivity index (χ3v) is 14.4. The summed E-state index contributed by atoms with van der Waals surface area (Å²) in [7, 11) is 0. The van der Waals surface area contributed by atoms with Gasteiger partial charge in [-0.3, -0.25) is 9.59 Å². The number of rotatable bonds is 12. The summed E-state index contributed by atoms with van der Waals surface area (Å²) in [4.78, 5) is 23.5. The van der Waals surface area contributed by atoms with E-state index >= 15 is 0 Å². The minimum Gasteiger partial charge on any atom is -0.480 e. The molecule has 7 rings (SSSR count). The molecule has 344 valence electrons. The van der Waals surface area contributed by atoms with Gasteiger partial charge in [0.15, 0.2) is 11.6 Å². The molecule has 1 amide bonds. The van der Waals surface area contributed by atoms with Gasteiger partial charge in [0, 0.05) is 38.0 Å². The number of ether oxygens (including phenoxy) is 7. The average Bonchev–Trinajstić information content (AvgIpc) is 3.61. The van der Waals surface area contributed by atoms with Gasteiger partial charge in [-0.15, -0.1) is 0 Å². The first kappa shape index (κ1) is 46.7. The van der Waals surface area contributed by atoms with Crippen molar-refractivity contribution < 1.29 is 68.3 Å². The Morgan fingerprint density at radius 1 is 1.00 bits per heavy atom. The van der Waals surface area contributed by atoms with Crippen LogP contribution in [0.15, 0.2) is 36.0 Å². The smallest absolute Gasteiger partial charge is 0.322 e. The van der Waals surface area contributed by atoms with Crippen LogP contribution in [0.3, 0.4) is 0 Å². The molecule has 7 aliphatic rings. The molecule has 15 heteroatoms. The summed E-state index contributed by atoms with van der Waals surface area (Å²) in [6.07, 6.45) is 8.96. The Morgan fingerprint density at radius 3 is 2.49 bits per heavy atom. The first-order valence-corrected chi connectivity index (χ1v) is 22.8. The molecule has 6 N–H and O–H groups in total. The molecule has 3 spiro atoms. The summed E-state index contributed by atoms with van der Waals surface area (Å²) in [6, 6.07) is 0. The molecule has 7 aliphatic heterocycles. The minimum atomic E-state index is -1.90. The largest absolute Gasteiger partial charge is 0.480 e. The SMILES string of the molecule is C=C1[C@@H](O)C2O[C@]3(CCC(/C=C/[C@@H](C)C4CC(C)=CC5(OC(C[C@@](C)(O)C(=O)NCC(=O)O)CCC5O)O4)O3)CCC2O[C@@H]1[C@@H](O)C[C@H](C)C1O[C@@]2(CCCCO2)CC[C@H]1C. The summed E-state index contributed by atoms with van der Waals surface area (Å²) in [5, 5.41) is 56.4. The van der Waals surface area contributed by atoms with Gasteiger partial charge < -0.3 is 64.0 Å².